The Balaban J connectivity index is 1.31. The summed E-state index contributed by atoms with van der Waals surface area (Å²) in [6, 6.07) is 10.1. The molecule has 0 unspecified atom stereocenters. The van der Waals surface area contributed by atoms with Crippen molar-refractivity contribution in [3.05, 3.63) is 97.9 Å². The number of hydrogen-bond acceptors (Lipinski definition) is 4. The summed E-state index contributed by atoms with van der Waals surface area (Å²) >= 11 is 9.57. The van der Waals surface area contributed by atoms with Gasteiger partial charge in [-0.1, -0.05) is 29.3 Å². The molecule has 3 aromatic heterocycles. The van der Waals surface area contributed by atoms with Crippen LogP contribution in [0.4, 0.5) is 4.39 Å². The maximum Gasteiger partial charge on any atom is 0.295 e. The fraction of sp³-hybridized carbons (Fsp3) is 0.214. The number of H-pyrrole nitrogens is 1. The van der Waals surface area contributed by atoms with Gasteiger partial charge in [0.1, 0.15) is 4.60 Å². The van der Waals surface area contributed by atoms with E-state index in [-0.39, 0.29) is 10.9 Å². The van der Waals surface area contributed by atoms with Gasteiger partial charge in [0.15, 0.2) is 5.82 Å². The van der Waals surface area contributed by atoms with E-state index in [2.05, 4.69) is 38.0 Å². The first-order valence-corrected chi connectivity index (χ1v) is 13.2. The van der Waals surface area contributed by atoms with Crippen molar-refractivity contribution in [1.29, 1.82) is 0 Å². The monoisotopic (exact) mass is 578 g/mol. The first kappa shape index (κ1) is 24.0. The van der Waals surface area contributed by atoms with Crippen LogP contribution in [0.25, 0.3) is 16.5 Å². The normalized spacial score (nSPS) is 15.4. The number of benzene rings is 1. The van der Waals surface area contributed by atoms with Crippen molar-refractivity contribution < 1.29 is 14.0 Å². The van der Waals surface area contributed by atoms with Crippen LogP contribution in [-0.2, 0) is 17.6 Å². The first-order chi connectivity index (χ1) is 17.9. The molecular formula is C28H21BrClFN4O2. The van der Waals surface area contributed by atoms with Crippen molar-refractivity contribution in [3.8, 4) is 0 Å². The van der Waals surface area contributed by atoms with E-state index in [4.69, 9.17) is 16.6 Å². The molecule has 6 rings (SSSR count). The minimum Gasteiger partial charge on any atom is -0.358 e. The predicted molar refractivity (Wildman–Crippen MR) is 143 cm³/mol. The Morgan fingerprint density at radius 2 is 1.84 bits per heavy atom. The number of halogens is 3. The SMILES string of the molecule is O=C(C(=O)N1CCC(=C2c3ccc(Cl)cc3CCc3cccnc32)CC1)c1c[nH]c2c(Br)ncc(F)c12. The zero-order chi connectivity index (χ0) is 25.7. The van der Waals surface area contributed by atoms with Crippen molar-refractivity contribution in [2.75, 3.05) is 13.1 Å². The fourth-order valence-corrected chi connectivity index (χ4v) is 5.99. The Morgan fingerprint density at radius 1 is 1.05 bits per heavy atom. The molecule has 186 valence electrons. The van der Waals surface area contributed by atoms with Gasteiger partial charge in [0, 0.05) is 36.1 Å². The summed E-state index contributed by atoms with van der Waals surface area (Å²) in [6.45, 7) is 0.787. The van der Waals surface area contributed by atoms with Crippen molar-refractivity contribution in [3.63, 3.8) is 0 Å². The highest BCUT2D eigenvalue weighted by atomic mass is 79.9. The number of piperidine rings is 1. The Kier molecular flexibility index (Phi) is 6.16. The molecule has 1 fully saturated rings. The third-order valence-corrected chi connectivity index (χ3v) is 8.03. The highest BCUT2D eigenvalue weighted by molar-refractivity contribution is 9.10. The number of hydrogen-bond donors (Lipinski definition) is 1. The van der Waals surface area contributed by atoms with Crippen molar-refractivity contribution >= 4 is 55.7 Å². The maximum absolute atomic E-state index is 14.5. The Morgan fingerprint density at radius 3 is 2.65 bits per heavy atom. The van der Waals surface area contributed by atoms with Crippen molar-refractivity contribution in [2.45, 2.75) is 25.7 Å². The number of aryl methyl sites for hydroxylation is 2. The number of Topliss-reactive ketones (excluding diaryl/α,β-unsaturated/α-hetero) is 1. The molecule has 1 amide bonds. The molecule has 6 nitrogen and oxygen atoms in total. The molecule has 0 atom stereocenters. The molecule has 0 bridgehead atoms. The van der Waals surface area contributed by atoms with Gasteiger partial charge in [0.05, 0.1) is 28.4 Å². The van der Waals surface area contributed by atoms with Crippen LogP contribution in [-0.4, -0.2) is 44.6 Å². The molecule has 0 radical (unpaired) electrons. The minimum atomic E-state index is -0.735. The van der Waals surface area contributed by atoms with Crippen LogP contribution in [0.5, 0.6) is 0 Å². The van der Waals surface area contributed by atoms with Crippen LogP contribution < -0.4 is 0 Å². The van der Waals surface area contributed by atoms with Gasteiger partial charge < -0.3 is 9.88 Å². The van der Waals surface area contributed by atoms with E-state index in [1.807, 2.05) is 24.4 Å². The Labute approximate surface area is 225 Å². The second-order valence-electron chi connectivity index (χ2n) is 9.26. The van der Waals surface area contributed by atoms with E-state index in [0.717, 1.165) is 35.9 Å². The first-order valence-electron chi connectivity index (χ1n) is 12.0. The van der Waals surface area contributed by atoms with E-state index in [1.165, 1.54) is 22.9 Å². The number of carbonyl (C=O) groups excluding carboxylic acids is 2. The van der Waals surface area contributed by atoms with Crippen LogP contribution in [0.2, 0.25) is 5.02 Å². The van der Waals surface area contributed by atoms with E-state index < -0.39 is 17.5 Å². The molecule has 1 aromatic carbocycles. The molecular weight excluding hydrogens is 559 g/mol. The van der Waals surface area contributed by atoms with Crippen LogP contribution in [0.15, 0.2) is 59.1 Å². The summed E-state index contributed by atoms with van der Waals surface area (Å²) in [4.78, 5) is 39.3. The number of rotatable bonds is 2. The third kappa shape index (κ3) is 4.18. The van der Waals surface area contributed by atoms with E-state index in [0.29, 0.717) is 41.1 Å². The molecule has 1 aliphatic carbocycles. The lowest BCUT2D eigenvalue weighted by Crippen LogP contribution is -2.40. The quantitative estimate of drug-likeness (QED) is 0.182. The summed E-state index contributed by atoms with van der Waals surface area (Å²) in [7, 11) is 0. The number of pyridine rings is 2. The highest BCUT2D eigenvalue weighted by Gasteiger charge is 2.31. The third-order valence-electron chi connectivity index (χ3n) is 7.19. The number of nitrogens with one attached hydrogen (secondary N) is 1. The van der Waals surface area contributed by atoms with Gasteiger partial charge in [0.2, 0.25) is 0 Å². The van der Waals surface area contributed by atoms with Crippen molar-refractivity contribution in [2.24, 2.45) is 0 Å². The number of aromatic amines is 1. The van der Waals surface area contributed by atoms with Gasteiger partial charge >= 0.3 is 0 Å². The maximum atomic E-state index is 14.5. The number of fused-ring (bicyclic) bond motifs is 3. The van der Waals surface area contributed by atoms with E-state index in [9.17, 15) is 14.0 Å². The van der Waals surface area contributed by atoms with Gasteiger partial charge in [0.25, 0.3) is 11.7 Å². The number of likely N-dealkylation sites (tertiary alicyclic amines) is 1. The molecule has 1 aliphatic heterocycles. The lowest BCUT2D eigenvalue weighted by Gasteiger charge is -2.30. The number of amides is 1. The summed E-state index contributed by atoms with van der Waals surface area (Å²) in [5, 5.41) is 0.772. The molecule has 37 heavy (non-hydrogen) atoms. The van der Waals surface area contributed by atoms with E-state index in [1.54, 1.807) is 4.90 Å². The second-order valence-corrected chi connectivity index (χ2v) is 10.4. The zero-order valence-electron chi connectivity index (χ0n) is 19.7. The average molecular weight is 580 g/mol. The summed E-state index contributed by atoms with van der Waals surface area (Å²) in [6.07, 6.45) is 7.19. The molecule has 9 heteroatoms. The number of carbonyl (C=O) groups is 2. The summed E-state index contributed by atoms with van der Waals surface area (Å²) in [5.74, 6) is -2.02. The summed E-state index contributed by atoms with van der Waals surface area (Å²) in [5.41, 5.74) is 7.14. The molecule has 1 N–H and O–H groups in total. The fourth-order valence-electron chi connectivity index (χ4n) is 5.38. The second kappa shape index (κ2) is 9.50. The van der Waals surface area contributed by atoms with Gasteiger partial charge in [-0.2, -0.15) is 0 Å². The molecule has 4 heterocycles. The number of nitrogens with zero attached hydrogens (tertiary/aromatic N) is 3. The lowest BCUT2D eigenvalue weighted by atomic mass is 9.88. The Bertz CT molecular complexity index is 1620. The largest absolute Gasteiger partial charge is 0.358 e. The van der Waals surface area contributed by atoms with Crippen LogP contribution >= 0.6 is 27.5 Å². The lowest BCUT2D eigenvalue weighted by molar-refractivity contribution is -0.126. The average Bonchev–Trinajstić information content (AvgIpc) is 3.31. The molecule has 0 spiro atoms. The predicted octanol–water partition coefficient (Wildman–Crippen LogP) is 5.92. The molecule has 2 aliphatic rings. The highest BCUT2D eigenvalue weighted by Crippen LogP contribution is 2.38. The standard InChI is InChI=1S/C28H21BrClFN4O2/c29-27-25-23(21(31)14-34-27)20(13-33-25)26(36)28(37)35-10-7-15(8-11-35)22-19-6-5-18(30)12-17(19)4-3-16-2-1-9-32-24(16)22/h1-2,5-6,9,12-14,33H,3-4,7-8,10-11H2. The van der Waals surface area contributed by atoms with Crippen molar-refractivity contribution in [1.82, 2.24) is 19.9 Å². The van der Waals surface area contributed by atoms with Crippen LogP contribution in [0.3, 0.4) is 0 Å². The Hall–Kier alpha value is -3.36. The number of ketones is 1. The van der Waals surface area contributed by atoms with Crippen LogP contribution in [0.1, 0.15) is 45.6 Å². The van der Waals surface area contributed by atoms with Gasteiger partial charge in [-0.15, -0.1) is 0 Å². The van der Waals surface area contributed by atoms with E-state index >= 15 is 0 Å². The summed E-state index contributed by atoms with van der Waals surface area (Å²) < 4.78 is 14.9. The van der Waals surface area contributed by atoms with Gasteiger partial charge in [-0.3, -0.25) is 14.6 Å². The number of aromatic nitrogens is 3. The minimum absolute atomic E-state index is 0.0115. The molecule has 0 saturated carbocycles. The smallest absolute Gasteiger partial charge is 0.295 e. The molecule has 1 saturated heterocycles. The zero-order valence-corrected chi connectivity index (χ0v) is 22.0. The van der Waals surface area contributed by atoms with Gasteiger partial charge in [-0.25, -0.2) is 9.37 Å². The molecule has 4 aromatic rings. The topological polar surface area (TPSA) is 79.0 Å². The van der Waals surface area contributed by atoms with Gasteiger partial charge in [-0.05, 0) is 76.5 Å². The van der Waals surface area contributed by atoms with Crippen LogP contribution in [0, 0.1) is 5.82 Å².